The summed E-state index contributed by atoms with van der Waals surface area (Å²) in [5.74, 6) is -0.0732. The molecule has 3 rings (SSSR count). The fourth-order valence-electron chi connectivity index (χ4n) is 3.75. The van der Waals surface area contributed by atoms with Crippen molar-refractivity contribution in [2.24, 2.45) is 5.92 Å². The van der Waals surface area contributed by atoms with Gasteiger partial charge >= 0.3 is 12.1 Å². The molecular weight excluding hydrogens is 383 g/mol. The molecule has 0 spiro atoms. The number of carbonyl (C=O) groups excluding carboxylic acids is 1. The first kappa shape index (κ1) is 21.2. The molecule has 2 aromatic rings. The fraction of sp³-hybridized carbons (Fsp3) is 0.409. The maximum absolute atomic E-state index is 13.0. The van der Waals surface area contributed by atoms with Crippen LogP contribution in [0.1, 0.15) is 52.9 Å². The lowest BCUT2D eigenvalue weighted by Gasteiger charge is -2.37. The zero-order chi connectivity index (χ0) is 21.2. The molecule has 0 saturated carbocycles. The number of halogens is 3. The summed E-state index contributed by atoms with van der Waals surface area (Å²) < 4.78 is 43.6. The number of benzene rings is 2. The summed E-state index contributed by atoms with van der Waals surface area (Å²) in [6.07, 6.45) is -2.46. The van der Waals surface area contributed by atoms with Gasteiger partial charge in [0.1, 0.15) is 5.75 Å². The fourth-order valence-corrected chi connectivity index (χ4v) is 3.75. The van der Waals surface area contributed by atoms with E-state index in [0.717, 1.165) is 38.1 Å². The molecule has 1 aliphatic rings. The van der Waals surface area contributed by atoms with E-state index in [1.807, 2.05) is 0 Å². The highest BCUT2D eigenvalue weighted by atomic mass is 19.4. The second-order valence-electron chi connectivity index (χ2n) is 7.51. The molecule has 1 saturated heterocycles. The van der Waals surface area contributed by atoms with Crippen LogP contribution in [0.3, 0.4) is 0 Å². The molecule has 2 aromatic carbocycles. The van der Waals surface area contributed by atoms with Crippen molar-refractivity contribution in [3.8, 4) is 5.75 Å². The SMILES string of the molecule is COC(=O)c1ccc(C(c2ccc(C(F)(F)F)cc2)N2CCC(C)CC2)c(O)c1. The first-order valence-electron chi connectivity index (χ1n) is 9.53. The molecular formula is C22H24F3NO3. The Bertz CT molecular complexity index is 857. The molecule has 1 heterocycles. The number of likely N-dealkylation sites (tertiary alicyclic amines) is 1. The Morgan fingerprint density at radius 1 is 1.14 bits per heavy atom. The predicted octanol–water partition coefficient (Wildman–Crippen LogP) is 5.02. The molecule has 1 aliphatic heterocycles. The van der Waals surface area contributed by atoms with Gasteiger partial charge in [0.15, 0.2) is 0 Å². The average Bonchev–Trinajstić information content (AvgIpc) is 2.70. The summed E-state index contributed by atoms with van der Waals surface area (Å²) in [4.78, 5) is 13.9. The van der Waals surface area contributed by atoms with Crippen LogP contribution in [-0.2, 0) is 10.9 Å². The number of ether oxygens (including phenoxy) is 1. The highest BCUT2D eigenvalue weighted by molar-refractivity contribution is 5.89. The monoisotopic (exact) mass is 407 g/mol. The number of piperidine rings is 1. The van der Waals surface area contributed by atoms with Crippen molar-refractivity contribution in [1.82, 2.24) is 4.90 Å². The van der Waals surface area contributed by atoms with E-state index in [9.17, 15) is 23.1 Å². The second-order valence-corrected chi connectivity index (χ2v) is 7.51. The summed E-state index contributed by atoms with van der Waals surface area (Å²) >= 11 is 0. The second kappa shape index (κ2) is 8.45. The zero-order valence-electron chi connectivity index (χ0n) is 16.4. The van der Waals surface area contributed by atoms with Crippen molar-refractivity contribution in [2.45, 2.75) is 32.0 Å². The number of hydrogen-bond donors (Lipinski definition) is 1. The third-order valence-electron chi connectivity index (χ3n) is 5.48. The van der Waals surface area contributed by atoms with Crippen LogP contribution in [0, 0.1) is 5.92 Å². The summed E-state index contributed by atoms with van der Waals surface area (Å²) in [5, 5.41) is 10.6. The van der Waals surface area contributed by atoms with Crippen molar-refractivity contribution in [1.29, 1.82) is 0 Å². The third kappa shape index (κ3) is 4.72. The van der Waals surface area contributed by atoms with Crippen molar-refractivity contribution < 1.29 is 27.8 Å². The summed E-state index contributed by atoms with van der Waals surface area (Å²) in [6, 6.07) is 9.18. The van der Waals surface area contributed by atoms with Crippen LogP contribution in [0.25, 0.3) is 0 Å². The van der Waals surface area contributed by atoms with Crippen molar-refractivity contribution in [3.05, 3.63) is 64.7 Å². The molecule has 7 heteroatoms. The van der Waals surface area contributed by atoms with Gasteiger partial charge in [-0.25, -0.2) is 4.79 Å². The predicted molar refractivity (Wildman–Crippen MR) is 103 cm³/mol. The van der Waals surface area contributed by atoms with Crippen molar-refractivity contribution in [2.75, 3.05) is 20.2 Å². The number of phenolic OH excluding ortho intramolecular Hbond substituents is 1. The first-order valence-corrected chi connectivity index (χ1v) is 9.53. The molecule has 29 heavy (non-hydrogen) atoms. The summed E-state index contributed by atoms with van der Waals surface area (Å²) in [7, 11) is 1.26. The highest BCUT2D eigenvalue weighted by Gasteiger charge is 2.32. The number of phenols is 1. The summed E-state index contributed by atoms with van der Waals surface area (Å²) in [6.45, 7) is 3.71. The number of alkyl halides is 3. The van der Waals surface area contributed by atoms with E-state index in [1.54, 1.807) is 12.1 Å². The molecule has 0 radical (unpaired) electrons. The molecule has 1 unspecified atom stereocenters. The lowest BCUT2D eigenvalue weighted by Crippen LogP contribution is -2.36. The Labute approximate surface area is 167 Å². The number of nitrogens with zero attached hydrogens (tertiary/aromatic N) is 1. The number of hydrogen-bond acceptors (Lipinski definition) is 4. The third-order valence-corrected chi connectivity index (χ3v) is 5.48. The van der Waals surface area contributed by atoms with Crippen LogP contribution in [0.5, 0.6) is 5.75 Å². The van der Waals surface area contributed by atoms with E-state index in [4.69, 9.17) is 0 Å². The number of carbonyl (C=O) groups is 1. The van der Waals surface area contributed by atoms with Crippen molar-refractivity contribution in [3.63, 3.8) is 0 Å². The number of esters is 1. The van der Waals surface area contributed by atoms with Gasteiger partial charge in [0, 0.05) is 5.56 Å². The van der Waals surface area contributed by atoms with Gasteiger partial charge in [-0.2, -0.15) is 13.2 Å². The van der Waals surface area contributed by atoms with Gasteiger partial charge in [-0.15, -0.1) is 0 Å². The molecule has 1 atom stereocenters. The van der Waals surface area contributed by atoms with Crippen LogP contribution in [-0.4, -0.2) is 36.2 Å². The first-order chi connectivity index (χ1) is 13.7. The minimum Gasteiger partial charge on any atom is -0.508 e. The van der Waals surface area contributed by atoms with E-state index in [1.165, 1.54) is 25.3 Å². The minimum atomic E-state index is -4.40. The van der Waals surface area contributed by atoms with Crippen LogP contribution in [0.15, 0.2) is 42.5 Å². The van der Waals surface area contributed by atoms with Crippen molar-refractivity contribution >= 4 is 5.97 Å². The van der Waals surface area contributed by atoms with Crippen LogP contribution in [0.4, 0.5) is 13.2 Å². The van der Waals surface area contributed by atoms with Gasteiger partial charge < -0.3 is 9.84 Å². The van der Waals surface area contributed by atoms with Crippen LogP contribution >= 0.6 is 0 Å². The molecule has 0 bridgehead atoms. The maximum Gasteiger partial charge on any atom is 0.416 e. The highest BCUT2D eigenvalue weighted by Crippen LogP contribution is 2.38. The molecule has 0 aromatic heterocycles. The molecule has 4 nitrogen and oxygen atoms in total. The van der Waals surface area contributed by atoms with Gasteiger partial charge in [0.2, 0.25) is 0 Å². The molecule has 1 fully saturated rings. The average molecular weight is 407 g/mol. The van der Waals surface area contributed by atoms with E-state index in [0.29, 0.717) is 17.0 Å². The normalized spacial score (nSPS) is 17.1. The zero-order valence-corrected chi connectivity index (χ0v) is 16.4. The molecule has 0 amide bonds. The minimum absolute atomic E-state index is 0.0866. The Morgan fingerprint density at radius 3 is 2.28 bits per heavy atom. The van der Waals surface area contributed by atoms with Gasteiger partial charge in [0.25, 0.3) is 0 Å². The summed E-state index contributed by atoms with van der Waals surface area (Å²) in [5.41, 5.74) is 0.713. The number of rotatable bonds is 4. The topological polar surface area (TPSA) is 49.8 Å². The molecule has 1 N–H and O–H groups in total. The number of aromatic hydroxyl groups is 1. The molecule has 156 valence electrons. The Morgan fingerprint density at radius 2 is 1.76 bits per heavy atom. The van der Waals surface area contributed by atoms with Crippen LogP contribution in [0.2, 0.25) is 0 Å². The smallest absolute Gasteiger partial charge is 0.416 e. The number of methoxy groups -OCH3 is 1. The van der Waals surface area contributed by atoms with Gasteiger partial charge in [-0.1, -0.05) is 25.1 Å². The lowest BCUT2D eigenvalue weighted by molar-refractivity contribution is -0.137. The van der Waals surface area contributed by atoms with E-state index >= 15 is 0 Å². The Balaban J connectivity index is 2.01. The van der Waals surface area contributed by atoms with Crippen LogP contribution < -0.4 is 0 Å². The Kier molecular flexibility index (Phi) is 6.17. The van der Waals surface area contributed by atoms with Gasteiger partial charge in [-0.05, 0) is 61.7 Å². The largest absolute Gasteiger partial charge is 0.508 e. The quantitative estimate of drug-likeness (QED) is 0.723. The maximum atomic E-state index is 13.0. The van der Waals surface area contributed by atoms with Gasteiger partial charge in [-0.3, -0.25) is 4.90 Å². The van der Waals surface area contributed by atoms with E-state index in [-0.39, 0.29) is 11.3 Å². The van der Waals surface area contributed by atoms with E-state index < -0.39 is 23.8 Å². The molecule has 0 aliphatic carbocycles. The van der Waals surface area contributed by atoms with Gasteiger partial charge in [0.05, 0.1) is 24.3 Å². The van der Waals surface area contributed by atoms with E-state index in [2.05, 4.69) is 16.6 Å². The standard InChI is InChI=1S/C22H24F3NO3/c1-14-9-11-26(12-10-14)20(15-3-6-17(7-4-15)22(23,24)25)18-8-5-16(13-19(18)27)21(28)29-2/h3-8,13-14,20,27H,9-12H2,1-2H3. The Hall–Kier alpha value is -2.54. The lowest BCUT2D eigenvalue weighted by atomic mass is 9.91.